The Kier molecular flexibility index (Phi) is 6.23. The fourth-order valence-corrected chi connectivity index (χ4v) is 3.32. The van der Waals surface area contributed by atoms with Crippen LogP contribution in [0.15, 0.2) is 59.9 Å². The molecular formula is C19H15ClN4O3S. The smallest absolute Gasteiger partial charge is 0.275 e. The van der Waals surface area contributed by atoms with Gasteiger partial charge in [0.1, 0.15) is 0 Å². The van der Waals surface area contributed by atoms with Crippen LogP contribution in [-0.4, -0.2) is 20.8 Å². The molecule has 0 unspecified atom stereocenters. The summed E-state index contributed by atoms with van der Waals surface area (Å²) in [5.74, 6) is 0.144. The lowest BCUT2D eigenvalue weighted by Gasteiger charge is -2.08. The summed E-state index contributed by atoms with van der Waals surface area (Å²) < 4.78 is 0. The summed E-state index contributed by atoms with van der Waals surface area (Å²) in [6.07, 6.45) is 1.39. The Balaban J connectivity index is 1.71. The zero-order valence-electron chi connectivity index (χ0n) is 14.8. The molecule has 2 aromatic carbocycles. The van der Waals surface area contributed by atoms with Gasteiger partial charge in [-0.05, 0) is 24.6 Å². The van der Waals surface area contributed by atoms with Crippen LogP contribution in [0, 0.1) is 17.0 Å². The number of carbonyl (C=O) groups is 1. The highest BCUT2D eigenvalue weighted by Crippen LogP contribution is 2.23. The lowest BCUT2D eigenvalue weighted by Crippen LogP contribution is -2.15. The van der Waals surface area contributed by atoms with Crippen LogP contribution in [0.3, 0.4) is 0 Å². The van der Waals surface area contributed by atoms with Crippen LogP contribution in [0.4, 0.5) is 11.4 Å². The summed E-state index contributed by atoms with van der Waals surface area (Å²) in [7, 11) is 0. The first-order valence-electron chi connectivity index (χ1n) is 8.19. The Morgan fingerprint density at radius 2 is 2.00 bits per heavy atom. The number of aryl methyl sites for hydroxylation is 1. The summed E-state index contributed by atoms with van der Waals surface area (Å²) in [4.78, 5) is 31.1. The van der Waals surface area contributed by atoms with Crippen molar-refractivity contribution < 1.29 is 9.72 Å². The van der Waals surface area contributed by atoms with E-state index in [0.717, 1.165) is 5.56 Å². The van der Waals surface area contributed by atoms with Crippen molar-refractivity contribution in [2.45, 2.75) is 17.8 Å². The first-order chi connectivity index (χ1) is 13.4. The van der Waals surface area contributed by atoms with Gasteiger partial charge in [-0.25, -0.2) is 9.97 Å². The molecule has 1 heterocycles. The van der Waals surface area contributed by atoms with Crippen LogP contribution < -0.4 is 5.32 Å². The number of nitrogens with zero attached hydrogens (tertiary/aromatic N) is 3. The molecule has 0 saturated carbocycles. The van der Waals surface area contributed by atoms with Crippen LogP contribution >= 0.6 is 23.4 Å². The number of thioether (sulfide) groups is 1. The van der Waals surface area contributed by atoms with Crippen LogP contribution in [0.5, 0.6) is 0 Å². The van der Waals surface area contributed by atoms with Crippen molar-refractivity contribution in [1.82, 2.24) is 9.97 Å². The maximum absolute atomic E-state index is 12.5. The van der Waals surface area contributed by atoms with E-state index in [1.54, 1.807) is 0 Å². The van der Waals surface area contributed by atoms with Gasteiger partial charge in [-0.1, -0.05) is 53.2 Å². The molecule has 0 fully saturated rings. The average molecular weight is 415 g/mol. The standard InChI is InChI=1S/C19H15ClN4O3S/c1-12-3-2-4-13(9-12)11-28-19-21-10-16(20)17(23-19)18(25)22-14-5-7-15(8-6-14)24(26)27/h2-10H,11H2,1H3,(H,22,25). The van der Waals surface area contributed by atoms with E-state index in [1.165, 1.54) is 47.8 Å². The number of anilines is 1. The van der Waals surface area contributed by atoms with Gasteiger partial charge in [0.2, 0.25) is 0 Å². The van der Waals surface area contributed by atoms with Crippen molar-refractivity contribution >= 4 is 40.6 Å². The van der Waals surface area contributed by atoms with Crippen LogP contribution in [0.25, 0.3) is 0 Å². The minimum atomic E-state index is -0.515. The maximum Gasteiger partial charge on any atom is 0.275 e. The molecule has 0 aliphatic rings. The number of non-ortho nitro benzene ring substituents is 1. The van der Waals surface area contributed by atoms with Gasteiger partial charge in [0.15, 0.2) is 10.9 Å². The molecule has 0 saturated heterocycles. The maximum atomic E-state index is 12.5. The first kappa shape index (κ1) is 19.8. The van der Waals surface area contributed by atoms with Gasteiger partial charge in [0.25, 0.3) is 11.6 Å². The summed E-state index contributed by atoms with van der Waals surface area (Å²) in [5.41, 5.74) is 2.67. The molecule has 1 amide bonds. The summed E-state index contributed by atoms with van der Waals surface area (Å²) in [6, 6.07) is 13.6. The molecule has 28 heavy (non-hydrogen) atoms. The normalized spacial score (nSPS) is 10.5. The minimum Gasteiger partial charge on any atom is -0.321 e. The summed E-state index contributed by atoms with van der Waals surface area (Å²) in [5, 5.41) is 13.9. The number of carbonyl (C=O) groups excluding carboxylic acids is 1. The monoisotopic (exact) mass is 414 g/mol. The number of aromatic nitrogens is 2. The second kappa shape index (κ2) is 8.81. The van der Waals surface area contributed by atoms with E-state index in [-0.39, 0.29) is 16.4 Å². The molecule has 1 aromatic heterocycles. The van der Waals surface area contributed by atoms with E-state index in [4.69, 9.17) is 11.6 Å². The SMILES string of the molecule is Cc1cccc(CSc2ncc(Cl)c(C(=O)Nc3ccc([N+](=O)[O-])cc3)n2)c1. The lowest BCUT2D eigenvalue weighted by molar-refractivity contribution is -0.384. The Hall–Kier alpha value is -2.97. The zero-order chi connectivity index (χ0) is 20.1. The molecule has 142 valence electrons. The van der Waals surface area contributed by atoms with Crippen molar-refractivity contribution in [3.63, 3.8) is 0 Å². The van der Waals surface area contributed by atoms with Gasteiger partial charge in [-0.15, -0.1) is 0 Å². The van der Waals surface area contributed by atoms with Crippen molar-refractivity contribution in [3.05, 3.63) is 86.7 Å². The number of rotatable bonds is 6. The first-order valence-corrected chi connectivity index (χ1v) is 9.55. The molecule has 3 rings (SSSR count). The summed E-state index contributed by atoms with van der Waals surface area (Å²) in [6.45, 7) is 2.02. The van der Waals surface area contributed by atoms with E-state index in [2.05, 4.69) is 21.4 Å². The molecule has 0 radical (unpaired) electrons. The molecule has 9 heteroatoms. The second-order valence-corrected chi connectivity index (χ2v) is 7.23. The van der Waals surface area contributed by atoms with Crippen molar-refractivity contribution in [2.75, 3.05) is 5.32 Å². The van der Waals surface area contributed by atoms with Crippen molar-refractivity contribution in [1.29, 1.82) is 0 Å². The Bertz CT molecular complexity index is 1030. The van der Waals surface area contributed by atoms with Gasteiger partial charge in [-0.3, -0.25) is 14.9 Å². The number of nitrogens with one attached hydrogen (secondary N) is 1. The van der Waals surface area contributed by atoms with Crippen molar-refractivity contribution in [3.8, 4) is 0 Å². The molecule has 0 bridgehead atoms. The van der Waals surface area contributed by atoms with E-state index in [0.29, 0.717) is 16.6 Å². The van der Waals surface area contributed by atoms with Gasteiger partial charge >= 0.3 is 0 Å². The minimum absolute atomic E-state index is 0.0433. The lowest BCUT2D eigenvalue weighted by atomic mass is 10.2. The van der Waals surface area contributed by atoms with E-state index in [1.807, 2.05) is 25.1 Å². The zero-order valence-corrected chi connectivity index (χ0v) is 16.3. The van der Waals surface area contributed by atoms with Crippen LogP contribution in [0.2, 0.25) is 5.02 Å². The third-order valence-corrected chi connectivity index (χ3v) is 4.93. The third kappa shape index (κ3) is 5.05. The number of hydrogen-bond acceptors (Lipinski definition) is 6. The quantitative estimate of drug-likeness (QED) is 0.267. The van der Waals surface area contributed by atoms with Gasteiger partial charge in [0.05, 0.1) is 16.1 Å². The van der Waals surface area contributed by atoms with Crippen LogP contribution in [-0.2, 0) is 5.75 Å². The molecule has 0 aliphatic heterocycles. The van der Waals surface area contributed by atoms with Crippen LogP contribution in [0.1, 0.15) is 21.6 Å². The third-order valence-electron chi connectivity index (χ3n) is 3.72. The Morgan fingerprint density at radius 3 is 2.68 bits per heavy atom. The van der Waals surface area contributed by atoms with E-state index in [9.17, 15) is 14.9 Å². The largest absolute Gasteiger partial charge is 0.321 e. The number of amides is 1. The predicted molar refractivity (Wildman–Crippen MR) is 109 cm³/mol. The number of nitro groups is 1. The predicted octanol–water partition coefficient (Wildman–Crippen LogP) is 4.89. The fraction of sp³-hybridized carbons (Fsp3) is 0.105. The topological polar surface area (TPSA) is 98.0 Å². The number of nitro benzene ring substituents is 1. The van der Waals surface area contributed by atoms with E-state index >= 15 is 0 Å². The molecule has 0 atom stereocenters. The Morgan fingerprint density at radius 1 is 1.25 bits per heavy atom. The van der Waals surface area contributed by atoms with Gasteiger partial charge < -0.3 is 5.32 Å². The summed E-state index contributed by atoms with van der Waals surface area (Å²) >= 11 is 7.48. The molecule has 7 nitrogen and oxygen atoms in total. The van der Waals surface area contributed by atoms with E-state index < -0.39 is 10.8 Å². The molecular weight excluding hydrogens is 400 g/mol. The molecule has 0 aliphatic carbocycles. The second-order valence-electron chi connectivity index (χ2n) is 5.88. The van der Waals surface area contributed by atoms with Crippen molar-refractivity contribution in [2.24, 2.45) is 0 Å². The fourth-order valence-electron chi connectivity index (χ4n) is 2.39. The average Bonchev–Trinajstić information content (AvgIpc) is 2.67. The van der Waals surface area contributed by atoms with Gasteiger partial charge in [-0.2, -0.15) is 0 Å². The number of benzene rings is 2. The Labute approximate surface area is 170 Å². The highest BCUT2D eigenvalue weighted by atomic mass is 35.5. The highest BCUT2D eigenvalue weighted by molar-refractivity contribution is 7.98. The number of halogens is 1. The molecule has 0 spiro atoms. The molecule has 1 N–H and O–H groups in total. The number of hydrogen-bond donors (Lipinski definition) is 1. The van der Waals surface area contributed by atoms with Gasteiger partial charge in [0, 0.05) is 23.6 Å². The highest BCUT2D eigenvalue weighted by Gasteiger charge is 2.15. The molecule has 3 aromatic rings.